The summed E-state index contributed by atoms with van der Waals surface area (Å²) >= 11 is 0. The number of aryl methyl sites for hydroxylation is 1. The minimum Gasteiger partial charge on any atom is -0.383 e. The average Bonchev–Trinajstić information content (AvgIpc) is 2.50. The van der Waals surface area contributed by atoms with Crippen molar-refractivity contribution in [3.8, 4) is 6.07 Å². The summed E-state index contributed by atoms with van der Waals surface area (Å²) in [5, 5.41) is 13.6. The SMILES string of the molecule is CCc1nn(Cc2cccnc2N)c(=O)c(C#N)c1CC. The summed E-state index contributed by atoms with van der Waals surface area (Å²) in [5.41, 5.74) is 7.81. The molecule has 108 valence electrons. The highest BCUT2D eigenvalue weighted by Gasteiger charge is 2.15. The second-order valence-electron chi connectivity index (χ2n) is 4.63. The van der Waals surface area contributed by atoms with Crippen LogP contribution in [0.15, 0.2) is 23.1 Å². The number of nitrogens with two attached hydrogens (primary N) is 1. The molecule has 6 nitrogen and oxygen atoms in total. The Morgan fingerprint density at radius 3 is 2.71 bits per heavy atom. The number of nitrogen functional groups attached to an aromatic ring is 1. The summed E-state index contributed by atoms with van der Waals surface area (Å²) in [6, 6.07) is 5.56. The Balaban J connectivity index is 2.58. The third-order valence-electron chi connectivity index (χ3n) is 3.39. The predicted molar refractivity (Wildman–Crippen MR) is 79.7 cm³/mol. The van der Waals surface area contributed by atoms with Gasteiger partial charge in [-0.05, 0) is 24.5 Å². The van der Waals surface area contributed by atoms with Crippen LogP contribution in [0.25, 0.3) is 0 Å². The molecule has 0 saturated heterocycles. The second-order valence-corrected chi connectivity index (χ2v) is 4.63. The van der Waals surface area contributed by atoms with Crippen LogP contribution in [-0.2, 0) is 19.4 Å². The van der Waals surface area contributed by atoms with Crippen LogP contribution in [-0.4, -0.2) is 14.8 Å². The van der Waals surface area contributed by atoms with Gasteiger partial charge in [-0.3, -0.25) is 4.79 Å². The zero-order valence-electron chi connectivity index (χ0n) is 12.1. The van der Waals surface area contributed by atoms with Crippen molar-refractivity contribution in [3.63, 3.8) is 0 Å². The van der Waals surface area contributed by atoms with Crippen molar-refractivity contribution in [3.05, 3.63) is 51.1 Å². The van der Waals surface area contributed by atoms with Gasteiger partial charge in [0.2, 0.25) is 0 Å². The van der Waals surface area contributed by atoms with Crippen molar-refractivity contribution in [2.75, 3.05) is 5.73 Å². The van der Waals surface area contributed by atoms with E-state index in [4.69, 9.17) is 5.73 Å². The lowest BCUT2D eigenvalue weighted by atomic mass is 10.0. The summed E-state index contributed by atoms with van der Waals surface area (Å²) in [4.78, 5) is 16.4. The minimum atomic E-state index is -0.380. The number of pyridine rings is 1. The first-order chi connectivity index (χ1) is 10.1. The Morgan fingerprint density at radius 2 is 2.14 bits per heavy atom. The van der Waals surface area contributed by atoms with Gasteiger partial charge in [-0.25, -0.2) is 9.67 Å². The van der Waals surface area contributed by atoms with Gasteiger partial charge in [-0.1, -0.05) is 19.9 Å². The van der Waals surface area contributed by atoms with Crippen molar-refractivity contribution >= 4 is 5.82 Å². The third-order valence-corrected chi connectivity index (χ3v) is 3.39. The van der Waals surface area contributed by atoms with Crippen molar-refractivity contribution < 1.29 is 0 Å². The summed E-state index contributed by atoms with van der Waals surface area (Å²) in [5.74, 6) is 0.363. The van der Waals surface area contributed by atoms with Crippen molar-refractivity contribution in [2.24, 2.45) is 0 Å². The second kappa shape index (κ2) is 6.18. The Hall–Kier alpha value is -2.68. The molecule has 0 saturated carbocycles. The number of nitriles is 1. The summed E-state index contributed by atoms with van der Waals surface area (Å²) < 4.78 is 1.30. The summed E-state index contributed by atoms with van der Waals surface area (Å²) in [7, 11) is 0. The van der Waals surface area contributed by atoms with Gasteiger partial charge in [0.25, 0.3) is 5.56 Å². The molecule has 0 aliphatic rings. The molecule has 0 amide bonds. The standard InChI is InChI=1S/C15H17N5O/c1-3-11-12(8-16)15(21)20(19-13(11)4-2)9-10-6-5-7-18-14(10)17/h5-7H,3-4,9H2,1-2H3,(H2,17,18). The number of hydrogen-bond donors (Lipinski definition) is 1. The van der Waals surface area contributed by atoms with E-state index in [0.717, 1.165) is 11.3 Å². The topological polar surface area (TPSA) is 97.6 Å². The van der Waals surface area contributed by atoms with Crippen molar-refractivity contribution in [2.45, 2.75) is 33.2 Å². The molecule has 0 atom stereocenters. The molecular weight excluding hydrogens is 266 g/mol. The van der Waals surface area contributed by atoms with Gasteiger partial charge in [0.05, 0.1) is 12.2 Å². The monoisotopic (exact) mass is 283 g/mol. The molecule has 0 radical (unpaired) electrons. The lowest BCUT2D eigenvalue weighted by Gasteiger charge is -2.12. The molecule has 0 fully saturated rings. The number of aromatic nitrogens is 3. The normalized spacial score (nSPS) is 10.3. The maximum atomic E-state index is 12.4. The first-order valence-corrected chi connectivity index (χ1v) is 6.84. The molecule has 2 rings (SSSR count). The predicted octanol–water partition coefficient (Wildman–Crippen LogP) is 1.27. The van der Waals surface area contributed by atoms with Crippen molar-refractivity contribution in [1.82, 2.24) is 14.8 Å². The zero-order chi connectivity index (χ0) is 15.4. The number of hydrogen-bond acceptors (Lipinski definition) is 5. The smallest absolute Gasteiger partial charge is 0.285 e. The van der Waals surface area contributed by atoms with Gasteiger partial charge < -0.3 is 5.73 Å². The number of rotatable bonds is 4. The quantitative estimate of drug-likeness (QED) is 0.911. The van der Waals surface area contributed by atoms with Crippen LogP contribution in [0.2, 0.25) is 0 Å². The van der Waals surface area contributed by atoms with E-state index in [1.807, 2.05) is 19.9 Å². The lowest BCUT2D eigenvalue weighted by molar-refractivity contribution is 0.612. The molecule has 6 heteroatoms. The highest BCUT2D eigenvalue weighted by atomic mass is 16.1. The van der Waals surface area contributed by atoms with Gasteiger partial charge >= 0.3 is 0 Å². The van der Waals surface area contributed by atoms with E-state index < -0.39 is 0 Å². The molecule has 0 bridgehead atoms. The fraction of sp³-hybridized carbons (Fsp3) is 0.333. The van der Waals surface area contributed by atoms with E-state index >= 15 is 0 Å². The van der Waals surface area contributed by atoms with Gasteiger partial charge in [0.15, 0.2) is 0 Å². The van der Waals surface area contributed by atoms with E-state index in [2.05, 4.69) is 10.1 Å². The minimum absolute atomic E-state index is 0.173. The molecule has 0 aliphatic carbocycles. The fourth-order valence-corrected chi connectivity index (χ4v) is 2.29. The van der Waals surface area contributed by atoms with E-state index in [0.29, 0.717) is 24.2 Å². The maximum absolute atomic E-state index is 12.4. The molecule has 0 spiro atoms. The lowest BCUT2D eigenvalue weighted by Crippen LogP contribution is -2.29. The molecule has 0 aromatic carbocycles. The molecular formula is C15H17N5O. The average molecular weight is 283 g/mol. The zero-order valence-corrected chi connectivity index (χ0v) is 12.1. The van der Waals surface area contributed by atoms with Gasteiger partial charge in [-0.15, -0.1) is 0 Å². The van der Waals surface area contributed by atoms with E-state index in [9.17, 15) is 10.1 Å². The first kappa shape index (κ1) is 14.7. The van der Waals surface area contributed by atoms with E-state index in [1.165, 1.54) is 4.68 Å². The molecule has 0 aliphatic heterocycles. The molecule has 2 N–H and O–H groups in total. The Morgan fingerprint density at radius 1 is 1.38 bits per heavy atom. The summed E-state index contributed by atoms with van der Waals surface area (Å²) in [6.07, 6.45) is 2.87. The van der Waals surface area contributed by atoms with Crippen LogP contribution in [0.5, 0.6) is 0 Å². The van der Waals surface area contributed by atoms with Crippen LogP contribution in [0.3, 0.4) is 0 Å². The van der Waals surface area contributed by atoms with Crippen LogP contribution in [0, 0.1) is 11.3 Å². The highest BCUT2D eigenvalue weighted by molar-refractivity contribution is 5.40. The summed E-state index contributed by atoms with van der Waals surface area (Å²) in [6.45, 7) is 4.08. The third kappa shape index (κ3) is 2.77. The Bertz CT molecular complexity index is 758. The van der Waals surface area contributed by atoms with Crippen LogP contribution in [0.1, 0.15) is 36.2 Å². The van der Waals surface area contributed by atoms with Crippen LogP contribution < -0.4 is 11.3 Å². The Labute approximate surface area is 122 Å². The van der Waals surface area contributed by atoms with E-state index in [1.54, 1.807) is 18.3 Å². The number of anilines is 1. The van der Waals surface area contributed by atoms with Crippen LogP contribution in [0.4, 0.5) is 5.82 Å². The van der Waals surface area contributed by atoms with Gasteiger partial charge in [0.1, 0.15) is 17.5 Å². The highest BCUT2D eigenvalue weighted by Crippen LogP contribution is 2.12. The molecule has 0 unspecified atom stereocenters. The molecule has 2 aromatic rings. The molecule has 2 heterocycles. The number of nitrogens with zero attached hydrogens (tertiary/aromatic N) is 4. The Kier molecular flexibility index (Phi) is 4.33. The van der Waals surface area contributed by atoms with Crippen molar-refractivity contribution in [1.29, 1.82) is 5.26 Å². The van der Waals surface area contributed by atoms with Crippen LogP contribution >= 0.6 is 0 Å². The van der Waals surface area contributed by atoms with E-state index in [-0.39, 0.29) is 17.7 Å². The molecule has 2 aromatic heterocycles. The fourth-order valence-electron chi connectivity index (χ4n) is 2.29. The maximum Gasteiger partial charge on any atom is 0.285 e. The van der Waals surface area contributed by atoms with Gasteiger partial charge in [-0.2, -0.15) is 10.4 Å². The largest absolute Gasteiger partial charge is 0.383 e. The molecule has 21 heavy (non-hydrogen) atoms. The van der Waals surface area contributed by atoms with Gasteiger partial charge in [0, 0.05) is 11.8 Å². The first-order valence-electron chi connectivity index (χ1n) is 6.84.